The normalized spacial score (nSPS) is 17.2. The van der Waals surface area contributed by atoms with Crippen molar-refractivity contribution in [3.63, 3.8) is 0 Å². The molecule has 2 aromatic heterocycles. The lowest BCUT2D eigenvalue weighted by Crippen LogP contribution is -2.43. The van der Waals surface area contributed by atoms with Crippen LogP contribution in [-0.2, 0) is 17.6 Å². The third-order valence-corrected chi connectivity index (χ3v) is 6.66. The summed E-state index contributed by atoms with van der Waals surface area (Å²) >= 11 is 2.85. The van der Waals surface area contributed by atoms with Gasteiger partial charge in [-0.1, -0.05) is 32.5 Å². The molecule has 0 spiro atoms. The summed E-state index contributed by atoms with van der Waals surface area (Å²) in [6.07, 6.45) is 3.42. The number of thioether (sulfide) groups is 1. The molecule has 3 rings (SSSR count). The molecule has 2 heterocycles. The van der Waals surface area contributed by atoms with Gasteiger partial charge in [-0.3, -0.25) is 10.1 Å². The highest BCUT2D eigenvalue weighted by Gasteiger charge is 2.23. The van der Waals surface area contributed by atoms with Crippen LogP contribution in [-0.4, -0.2) is 33.9 Å². The number of fused-ring (bicyclic) bond motifs is 1. The van der Waals surface area contributed by atoms with E-state index in [1.165, 1.54) is 16.9 Å². The van der Waals surface area contributed by atoms with E-state index in [2.05, 4.69) is 33.8 Å². The second-order valence-electron chi connectivity index (χ2n) is 7.63. The number of hydrogen-bond acceptors (Lipinski definition) is 7. The monoisotopic (exact) mass is 422 g/mol. The highest BCUT2D eigenvalue weighted by Crippen LogP contribution is 2.37. The summed E-state index contributed by atoms with van der Waals surface area (Å²) < 4.78 is 5.75. The first-order chi connectivity index (χ1) is 13.3. The van der Waals surface area contributed by atoms with Gasteiger partial charge in [-0.2, -0.15) is 0 Å². The van der Waals surface area contributed by atoms with E-state index in [1.807, 2.05) is 13.8 Å². The minimum absolute atomic E-state index is 0.315. The lowest BCUT2D eigenvalue weighted by Gasteiger charge is -2.16. The van der Waals surface area contributed by atoms with Crippen LogP contribution in [0.3, 0.4) is 0 Å². The Kier molecular flexibility index (Phi) is 6.77. The molecule has 28 heavy (non-hydrogen) atoms. The molecule has 0 bridgehead atoms. The quantitative estimate of drug-likeness (QED) is 0.686. The van der Waals surface area contributed by atoms with Crippen LogP contribution in [0.25, 0.3) is 10.8 Å². The molecule has 2 atom stereocenters. The maximum atomic E-state index is 12.2. The molecule has 3 amide bonds. The number of urea groups is 1. The van der Waals surface area contributed by atoms with Gasteiger partial charge >= 0.3 is 6.03 Å². The molecule has 0 radical (unpaired) electrons. The van der Waals surface area contributed by atoms with E-state index >= 15 is 0 Å². The third kappa shape index (κ3) is 5.35. The van der Waals surface area contributed by atoms with E-state index in [1.54, 1.807) is 18.3 Å². The Morgan fingerprint density at radius 3 is 2.89 bits per heavy atom. The summed E-state index contributed by atoms with van der Waals surface area (Å²) in [5.74, 6) is 1.11. The van der Waals surface area contributed by atoms with Crippen LogP contribution in [0.4, 0.5) is 4.79 Å². The van der Waals surface area contributed by atoms with Crippen molar-refractivity contribution < 1.29 is 14.0 Å². The summed E-state index contributed by atoms with van der Waals surface area (Å²) in [6, 6.07) is 1.66. The molecular formula is C19H26N4O3S2. The third-order valence-electron chi connectivity index (χ3n) is 4.50. The topological polar surface area (TPSA) is 97.1 Å². The van der Waals surface area contributed by atoms with Crippen LogP contribution in [0.2, 0.25) is 0 Å². The van der Waals surface area contributed by atoms with Gasteiger partial charge in [0.25, 0.3) is 11.1 Å². The second kappa shape index (κ2) is 9.09. The number of aromatic nitrogens is 2. The van der Waals surface area contributed by atoms with E-state index in [-0.39, 0.29) is 0 Å². The molecule has 152 valence electrons. The molecule has 0 aliphatic heterocycles. The predicted octanol–water partition coefficient (Wildman–Crippen LogP) is 3.89. The van der Waals surface area contributed by atoms with Gasteiger partial charge in [0.05, 0.1) is 10.1 Å². The maximum Gasteiger partial charge on any atom is 0.321 e. The summed E-state index contributed by atoms with van der Waals surface area (Å²) in [5, 5.41) is 13.0. The summed E-state index contributed by atoms with van der Waals surface area (Å²) in [6.45, 7) is 8.45. The molecule has 9 heteroatoms. The minimum Gasteiger partial charge on any atom is -0.410 e. The second-order valence-corrected chi connectivity index (χ2v) is 10.1. The standard InChI is InChI=1S/C19H26N4O3S2/c1-10(2)9-20-18(25)21-16(24)12(4)27-19-23-22-17(26-19)15-8-13-7-11(3)5-6-14(13)28-15/h8,10-12H,5-7,9H2,1-4H3,(H2,20,21,24,25). The summed E-state index contributed by atoms with van der Waals surface area (Å²) in [7, 11) is 0. The Bertz CT molecular complexity index is 846. The van der Waals surface area contributed by atoms with Gasteiger partial charge in [0.15, 0.2) is 0 Å². The van der Waals surface area contributed by atoms with Crippen molar-refractivity contribution in [1.82, 2.24) is 20.8 Å². The van der Waals surface area contributed by atoms with Crippen molar-refractivity contribution in [3.8, 4) is 10.8 Å². The van der Waals surface area contributed by atoms with Crippen molar-refractivity contribution in [3.05, 3.63) is 16.5 Å². The van der Waals surface area contributed by atoms with Crippen LogP contribution in [0.5, 0.6) is 0 Å². The Labute approximate surface area is 173 Å². The first-order valence-electron chi connectivity index (χ1n) is 9.52. The highest BCUT2D eigenvalue weighted by atomic mass is 32.2. The van der Waals surface area contributed by atoms with Crippen LogP contribution >= 0.6 is 23.1 Å². The van der Waals surface area contributed by atoms with E-state index < -0.39 is 17.2 Å². The van der Waals surface area contributed by atoms with Gasteiger partial charge in [-0.05, 0) is 49.7 Å². The van der Waals surface area contributed by atoms with Crippen molar-refractivity contribution in [2.45, 2.75) is 57.4 Å². The van der Waals surface area contributed by atoms with Gasteiger partial charge in [0.2, 0.25) is 5.91 Å². The SMILES string of the molecule is CC(C)CNC(=O)NC(=O)C(C)Sc1nnc(-c2cc3c(s2)CCC(C)C3)o1. The van der Waals surface area contributed by atoms with Crippen molar-refractivity contribution in [1.29, 1.82) is 0 Å². The average molecular weight is 423 g/mol. The zero-order chi connectivity index (χ0) is 20.3. The van der Waals surface area contributed by atoms with E-state index in [0.29, 0.717) is 29.5 Å². The number of imide groups is 1. The number of carbonyl (C=O) groups is 2. The number of thiophene rings is 1. The van der Waals surface area contributed by atoms with Gasteiger partial charge < -0.3 is 9.73 Å². The first kappa shape index (κ1) is 20.9. The van der Waals surface area contributed by atoms with Gasteiger partial charge in [-0.15, -0.1) is 21.5 Å². The Hall–Kier alpha value is -1.87. The molecule has 2 unspecified atom stereocenters. The molecule has 2 aromatic rings. The van der Waals surface area contributed by atoms with Crippen LogP contribution in [0.15, 0.2) is 15.7 Å². The van der Waals surface area contributed by atoms with Crippen LogP contribution < -0.4 is 10.6 Å². The smallest absolute Gasteiger partial charge is 0.321 e. The first-order valence-corrected chi connectivity index (χ1v) is 11.2. The molecule has 2 N–H and O–H groups in total. The number of nitrogens with one attached hydrogen (secondary N) is 2. The largest absolute Gasteiger partial charge is 0.410 e. The molecule has 1 aliphatic carbocycles. The van der Waals surface area contributed by atoms with E-state index in [4.69, 9.17) is 4.42 Å². The molecule has 0 saturated heterocycles. The number of amides is 3. The minimum atomic E-state index is -0.532. The Morgan fingerprint density at radius 2 is 2.14 bits per heavy atom. The van der Waals surface area contributed by atoms with Crippen LogP contribution in [0, 0.1) is 11.8 Å². The zero-order valence-electron chi connectivity index (χ0n) is 16.6. The Morgan fingerprint density at radius 1 is 1.36 bits per heavy atom. The number of hydrogen-bond donors (Lipinski definition) is 2. The predicted molar refractivity (Wildman–Crippen MR) is 110 cm³/mol. The maximum absolute atomic E-state index is 12.2. The average Bonchev–Trinajstić information content (AvgIpc) is 3.26. The van der Waals surface area contributed by atoms with Crippen molar-refractivity contribution in [2.24, 2.45) is 11.8 Å². The van der Waals surface area contributed by atoms with Crippen molar-refractivity contribution >= 4 is 35.0 Å². The fraction of sp³-hybridized carbons (Fsp3) is 0.579. The molecule has 1 aliphatic rings. The van der Waals surface area contributed by atoms with Gasteiger partial charge in [-0.25, -0.2) is 4.79 Å². The number of aryl methyl sites for hydroxylation is 1. The van der Waals surface area contributed by atoms with Crippen LogP contribution in [0.1, 0.15) is 44.6 Å². The van der Waals surface area contributed by atoms with Gasteiger partial charge in [0, 0.05) is 11.4 Å². The number of rotatable bonds is 6. The Balaban J connectivity index is 1.57. The van der Waals surface area contributed by atoms with Gasteiger partial charge in [0.1, 0.15) is 0 Å². The lowest BCUT2D eigenvalue weighted by molar-refractivity contribution is -0.119. The highest BCUT2D eigenvalue weighted by molar-refractivity contribution is 8.00. The molecule has 0 saturated carbocycles. The molecule has 0 aromatic carbocycles. The fourth-order valence-corrected chi connectivity index (χ4v) is 4.74. The molecular weight excluding hydrogens is 396 g/mol. The number of carbonyl (C=O) groups excluding carboxylic acids is 2. The zero-order valence-corrected chi connectivity index (χ0v) is 18.2. The van der Waals surface area contributed by atoms with Crippen molar-refractivity contribution in [2.75, 3.05) is 6.54 Å². The number of nitrogens with zero attached hydrogens (tertiary/aromatic N) is 2. The summed E-state index contributed by atoms with van der Waals surface area (Å²) in [4.78, 5) is 26.3. The fourth-order valence-electron chi connectivity index (χ4n) is 2.93. The molecule has 7 nitrogen and oxygen atoms in total. The molecule has 0 fully saturated rings. The summed E-state index contributed by atoms with van der Waals surface area (Å²) in [5.41, 5.74) is 1.38. The lowest BCUT2D eigenvalue weighted by atomic mass is 9.90. The van der Waals surface area contributed by atoms with E-state index in [9.17, 15) is 9.59 Å². The van der Waals surface area contributed by atoms with E-state index in [0.717, 1.165) is 29.5 Å².